The number of hydrogen-bond donors (Lipinski definition) is 0. The van der Waals surface area contributed by atoms with E-state index in [1.807, 2.05) is 0 Å². The monoisotopic (exact) mass is 770 g/mol. The molecule has 0 fully saturated rings. The van der Waals surface area contributed by atoms with E-state index in [0.29, 0.717) is 0 Å². The molecule has 0 atom stereocenters. The van der Waals surface area contributed by atoms with Crippen LogP contribution in [0.25, 0.3) is 0 Å². The van der Waals surface area contributed by atoms with Crippen LogP contribution in [-0.4, -0.2) is 51.6 Å². The predicted octanol–water partition coefficient (Wildman–Crippen LogP) is 12.6. The van der Waals surface area contributed by atoms with Gasteiger partial charge in [-0.2, -0.15) is 0 Å². The van der Waals surface area contributed by atoms with E-state index in [4.69, 9.17) is 7.56 Å². The van der Waals surface area contributed by atoms with Crippen molar-refractivity contribution in [3.05, 3.63) is 0 Å². The van der Waals surface area contributed by atoms with Crippen molar-refractivity contribution in [2.45, 2.75) is 201 Å². The second-order valence-corrected chi connectivity index (χ2v) is 34.5. The average Bonchev–Trinajstić information content (AvgIpc) is 2.95. The summed E-state index contributed by atoms with van der Waals surface area (Å²) in [6, 6.07) is 0. The second kappa shape index (κ2) is 29.5. The molecule has 0 rings (SSSR count). The van der Waals surface area contributed by atoms with Crippen molar-refractivity contribution in [2.75, 3.05) is 13.2 Å². The van der Waals surface area contributed by atoms with Crippen LogP contribution < -0.4 is 0 Å². The van der Waals surface area contributed by atoms with Gasteiger partial charge < -0.3 is 0 Å². The molecule has 0 bridgehead atoms. The van der Waals surface area contributed by atoms with Gasteiger partial charge in [-0.05, 0) is 0 Å². The van der Waals surface area contributed by atoms with Gasteiger partial charge in [0.2, 0.25) is 0 Å². The molecule has 0 N–H and O–H groups in total. The van der Waals surface area contributed by atoms with E-state index in [0.717, 1.165) is 13.2 Å². The van der Waals surface area contributed by atoms with E-state index in [9.17, 15) is 0 Å². The third-order valence-corrected chi connectivity index (χ3v) is 41.5. The van der Waals surface area contributed by atoms with Crippen molar-refractivity contribution in [3.8, 4) is 0 Å². The molecule has 0 aromatic rings. The van der Waals surface area contributed by atoms with Crippen LogP contribution >= 0.6 is 0 Å². The van der Waals surface area contributed by atoms with Crippen LogP contribution in [0.5, 0.6) is 0 Å². The maximum atomic E-state index is 7.73. The molecule has 0 unspecified atom stereocenters. The van der Waals surface area contributed by atoms with Crippen molar-refractivity contribution in [1.29, 1.82) is 0 Å². The van der Waals surface area contributed by atoms with Crippen LogP contribution in [0, 0.1) is 0 Å². The summed E-state index contributed by atoms with van der Waals surface area (Å²) < 4.78 is 27.0. The second-order valence-electron chi connectivity index (χ2n) is 12.3. The molecule has 39 heavy (non-hydrogen) atoms. The fraction of sp³-hybridized carbons (Fsp3) is 1.00. The van der Waals surface area contributed by atoms with Crippen molar-refractivity contribution >= 4 is 38.4 Å². The first-order valence-corrected chi connectivity index (χ1v) is 30.8. The Bertz CT molecular complexity index is 431. The molecule has 0 amide bonds. The molecule has 0 saturated heterocycles. The van der Waals surface area contributed by atoms with Gasteiger partial charge in [0.15, 0.2) is 0 Å². The first kappa shape index (κ1) is 40.5. The summed E-state index contributed by atoms with van der Waals surface area (Å²) in [6.07, 6.45) is 29.0. The van der Waals surface area contributed by atoms with Crippen LogP contribution in [0.15, 0.2) is 0 Å². The first-order chi connectivity index (χ1) is 19.1. The number of rotatable bonds is 32. The Morgan fingerprint density at radius 1 is 0.308 bits per heavy atom. The third-order valence-electron chi connectivity index (χ3n) is 8.24. The molecule has 0 aliphatic heterocycles. The van der Waals surface area contributed by atoms with Gasteiger partial charge in [-0.1, -0.05) is 0 Å². The van der Waals surface area contributed by atoms with Crippen LogP contribution in [0.4, 0.5) is 0 Å². The SMILES string of the molecule is CCCCCCCCC[O][Sn]([CH2]CCC)([CH2]CCC)[O][Sn]([CH2]CCC)([CH2]CCC)[O]CCCCCCCCC. The minimum atomic E-state index is -3.23. The molecule has 0 aliphatic carbocycles. The Hall–Kier alpha value is 1.48. The number of hydrogen-bond acceptors (Lipinski definition) is 3. The fourth-order valence-electron chi connectivity index (χ4n) is 5.56. The molecule has 0 heterocycles. The van der Waals surface area contributed by atoms with Gasteiger partial charge in [0.1, 0.15) is 0 Å². The Kier molecular flexibility index (Phi) is 30.7. The van der Waals surface area contributed by atoms with E-state index in [-0.39, 0.29) is 0 Å². The van der Waals surface area contributed by atoms with Crippen molar-refractivity contribution < 1.29 is 7.56 Å². The molecule has 3 nitrogen and oxygen atoms in total. The van der Waals surface area contributed by atoms with E-state index >= 15 is 0 Å². The zero-order valence-electron chi connectivity index (χ0n) is 28.0. The van der Waals surface area contributed by atoms with Gasteiger partial charge in [0.25, 0.3) is 0 Å². The summed E-state index contributed by atoms with van der Waals surface area (Å²) >= 11 is -6.46. The fourth-order valence-corrected chi connectivity index (χ4v) is 48.3. The molecule has 0 aliphatic rings. The van der Waals surface area contributed by atoms with Gasteiger partial charge in [0.05, 0.1) is 0 Å². The summed E-state index contributed by atoms with van der Waals surface area (Å²) in [5, 5.41) is 0. The van der Waals surface area contributed by atoms with Crippen LogP contribution in [0.1, 0.15) is 183 Å². The van der Waals surface area contributed by atoms with E-state index in [2.05, 4.69) is 41.5 Å². The zero-order valence-corrected chi connectivity index (χ0v) is 33.7. The van der Waals surface area contributed by atoms with Gasteiger partial charge >= 0.3 is 260 Å². The van der Waals surface area contributed by atoms with E-state index in [1.165, 1.54) is 159 Å². The van der Waals surface area contributed by atoms with E-state index < -0.39 is 38.4 Å². The first-order valence-electron chi connectivity index (χ1n) is 18.1. The van der Waals surface area contributed by atoms with Crippen LogP contribution in [-0.2, 0) is 7.56 Å². The average molecular weight is 768 g/mol. The third kappa shape index (κ3) is 22.7. The topological polar surface area (TPSA) is 27.7 Å². The number of unbranched alkanes of at least 4 members (excludes halogenated alkanes) is 16. The molecule has 0 saturated carbocycles. The Labute approximate surface area is 258 Å². The van der Waals surface area contributed by atoms with Crippen LogP contribution in [0.2, 0.25) is 17.7 Å². The van der Waals surface area contributed by atoms with Crippen LogP contribution in [0.3, 0.4) is 0 Å². The van der Waals surface area contributed by atoms with Crippen molar-refractivity contribution in [2.24, 2.45) is 0 Å². The van der Waals surface area contributed by atoms with Gasteiger partial charge in [-0.3, -0.25) is 0 Å². The summed E-state index contributed by atoms with van der Waals surface area (Å²) in [7, 11) is 0. The molecular weight excluding hydrogens is 694 g/mol. The maximum absolute atomic E-state index is 7.73. The minimum absolute atomic E-state index is 0.943. The zero-order chi connectivity index (χ0) is 28.9. The molecule has 236 valence electrons. The molecule has 0 aromatic heterocycles. The standard InChI is InChI=1S/2C9H19O.4C4H9.O.2Sn/c2*1-2-3-4-5-6-7-8-9-10;4*1-3-4-2;;;/h2*2-9H2,1H3;4*1,3-4H2,2H3;;;/q2*-1;;;;;;2*+1. The Balaban J connectivity index is 5.46. The molecule has 0 spiro atoms. The quantitative estimate of drug-likeness (QED) is 0.0504. The molecule has 0 aromatic carbocycles. The van der Waals surface area contributed by atoms with Gasteiger partial charge in [-0.15, -0.1) is 0 Å². The molecular formula is C34H74O3Sn2. The van der Waals surface area contributed by atoms with E-state index in [1.54, 1.807) is 0 Å². The molecule has 0 radical (unpaired) electrons. The Morgan fingerprint density at radius 3 is 0.846 bits per heavy atom. The van der Waals surface area contributed by atoms with Crippen molar-refractivity contribution in [3.63, 3.8) is 0 Å². The molecule has 5 heteroatoms. The normalized spacial score (nSPS) is 12.5. The summed E-state index contributed by atoms with van der Waals surface area (Å²) in [5.41, 5.74) is 0. The van der Waals surface area contributed by atoms with Gasteiger partial charge in [0, 0.05) is 0 Å². The van der Waals surface area contributed by atoms with Gasteiger partial charge in [-0.25, -0.2) is 0 Å². The predicted molar refractivity (Wildman–Crippen MR) is 179 cm³/mol. The summed E-state index contributed by atoms with van der Waals surface area (Å²) in [4.78, 5) is 0. The Morgan fingerprint density at radius 2 is 0.564 bits per heavy atom. The summed E-state index contributed by atoms with van der Waals surface area (Å²) in [5.74, 6) is 0. The summed E-state index contributed by atoms with van der Waals surface area (Å²) in [6.45, 7) is 15.9. The van der Waals surface area contributed by atoms with Crippen molar-refractivity contribution in [1.82, 2.24) is 0 Å².